The molecule has 0 bridgehead atoms. The van der Waals surface area contributed by atoms with Gasteiger partial charge < -0.3 is 37.9 Å². The molecule has 0 saturated carbocycles. The fourth-order valence-electron chi connectivity index (χ4n) is 4.41. The van der Waals surface area contributed by atoms with Crippen molar-refractivity contribution in [2.24, 2.45) is 0 Å². The van der Waals surface area contributed by atoms with Gasteiger partial charge in [-0.05, 0) is 41.5 Å². The smallest absolute Gasteiger partial charge is 0.337 e. The maximum Gasteiger partial charge on any atom is 0.337 e. The van der Waals surface area contributed by atoms with Crippen LogP contribution in [0, 0.1) is 0 Å². The monoisotopic (exact) mass is 616 g/mol. The molecule has 0 amide bonds. The third-order valence-electron chi connectivity index (χ3n) is 6.16. The number of carbonyl (C=O) groups excluding carboxylic acids is 6. The number of benzene rings is 2. The minimum atomic E-state index is -1.42. The fourth-order valence-corrected chi connectivity index (χ4v) is 4.41. The molecule has 3 rings (SSSR count). The maximum absolute atomic E-state index is 12.2. The summed E-state index contributed by atoms with van der Waals surface area (Å²) in [6, 6.07) is 10.7. The molecule has 1 saturated heterocycles. The first-order valence-electron chi connectivity index (χ1n) is 13.2. The molecule has 1 fully saturated rings. The first-order chi connectivity index (χ1) is 20.8. The summed E-state index contributed by atoms with van der Waals surface area (Å²) >= 11 is 0. The van der Waals surface area contributed by atoms with Crippen LogP contribution in [0.4, 0.5) is 0 Å². The van der Waals surface area contributed by atoms with Crippen molar-refractivity contribution < 1.29 is 66.7 Å². The number of carbonyl (C=O) groups is 6. The van der Waals surface area contributed by atoms with Crippen LogP contribution in [0.5, 0.6) is 5.75 Å². The average Bonchev–Trinajstić information content (AvgIpc) is 2.97. The largest absolute Gasteiger partial charge is 0.465 e. The zero-order chi connectivity index (χ0) is 32.6. The van der Waals surface area contributed by atoms with Crippen molar-refractivity contribution in [3.05, 3.63) is 53.6 Å². The fraction of sp³-hybridized carbons (Fsp3) is 0.400. The van der Waals surface area contributed by atoms with Crippen LogP contribution in [0.3, 0.4) is 0 Å². The number of ether oxygens (including phenoxy) is 8. The minimum absolute atomic E-state index is 0.128. The van der Waals surface area contributed by atoms with Crippen molar-refractivity contribution in [1.82, 2.24) is 0 Å². The second-order valence-corrected chi connectivity index (χ2v) is 9.49. The Kier molecular flexibility index (Phi) is 11.4. The first-order valence-corrected chi connectivity index (χ1v) is 13.2. The van der Waals surface area contributed by atoms with E-state index in [1.807, 2.05) is 0 Å². The molecular formula is C30H32O14. The lowest BCUT2D eigenvalue weighted by atomic mass is 9.98. The van der Waals surface area contributed by atoms with Gasteiger partial charge in [-0.2, -0.15) is 0 Å². The maximum atomic E-state index is 12.2. The van der Waals surface area contributed by atoms with Gasteiger partial charge in [0.1, 0.15) is 18.5 Å². The van der Waals surface area contributed by atoms with Gasteiger partial charge in [-0.1, -0.05) is 12.1 Å². The van der Waals surface area contributed by atoms with Crippen LogP contribution in [0.15, 0.2) is 42.5 Å². The predicted molar refractivity (Wildman–Crippen MR) is 147 cm³/mol. The van der Waals surface area contributed by atoms with Gasteiger partial charge in [0.05, 0.1) is 25.3 Å². The molecule has 0 aromatic heterocycles. The Morgan fingerprint density at radius 1 is 0.636 bits per heavy atom. The quantitative estimate of drug-likeness (QED) is 0.281. The highest BCUT2D eigenvalue weighted by Gasteiger charge is 2.53. The molecule has 236 valence electrons. The minimum Gasteiger partial charge on any atom is -0.465 e. The Hall–Kier alpha value is -4.98. The van der Waals surface area contributed by atoms with E-state index in [1.165, 1.54) is 51.5 Å². The number of hydrogen-bond donors (Lipinski definition) is 0. The number of hydrogen-bond acceptors (Lipinski definition) is 14. The van der Waals surface area contributed by atoms with Crippen LogP contribution in [0.2, 0.25) is 0 Å². The van der Waals surface area contributed by atoms with E-state index in [0.717, 1.165) is 20.8 Å². The van der Waals surface area contributed by atoms with Crippen molar-refractivity contribution in [3.8, 4) is 16.9 Å². The molecule has 14 heteroatoms. The van der Waals surface area contributed by atoms with Gasteiger partial charge in [0.15, 0.2) is 12.2 Å². The summed E-state index contributed by atoms with van der Waals surface area (Å²) in [4.78, 5) is 71.9. The van der Waals surface area contributed by atoms with Crippen LogP contribution in [0.25, 0.3) is 11.1 Å². The summed E-state index contributed by atoms with van der Waals surface area (Å²) in [6.07, 6.45) is -6.73. The van der Waals surface area contributed by atoms with E-state index in [2.05, 4.69) is 0 Å². The van der Waals surface area contributed by atoms with Crippen molar-refractivity contribution >= 4 is 35.8 Å². The van der Waals surface area contributed by atoms with Gasteiger partial charge in [0, 0.05) is 27.7 Å². The summed E-state index contributed by atoms with van der Waals surface area (Å²) in [5.41, 5.74) is 1.33. The Morgan fingerprint density at radius 2 is 1.14 bits per heavy atom. The lowest BCUT2D eigenvalue weighted by Gasteiger charge is -2.43. The summed E-state index contributed by atoms with van der Waals surface area (Å²) in [7, 11) is 2.43. The molecule has 2 aromatic carbocycles. The number of rotatable bonds is 10. The molecule has 0 aliphatic carbocycles. The van der Waals surface area contributed by atoms with E-state index in [9.17, 15) is 28.8 Å². The second-order valence-electron chi connectivity index (χ2n) is 9.49. The van der Waals surface area contributed by atoms with Crippen LogP contribution in [0.1, 0.15) is 48.4 Å². The standard InChI is InChI=1S/C30H32O14/c1-15(31)39-14-24-25(40-16(2)32)26(41-17(3)33)27(42-18(4)34)30(44-24)43-23-9-7-19(8-10-23)20-11-21(28(35)37-5)13-22(12-20)29(36)38-6/h7-13,24-27,30H,14H2,1-6H3. The van der Waals surface area contributed by atoms with Crippen LogP contribution < -0.4 is 4.74 Å². The van der Waals surface area contributed by atoms with Crippen molar-refractivity contribution in [1.29, 1.82) is 0 Å². The number of esters is 6. The Morgan fingerprint density at radius 3 is 1.61 bits per heavy atom. The van der Waals surface area contributed by atoms with Crippen LogP contribution in [-0.4, -0.2) is 87.3 Å². The van der Waals surface area contributed by atoms with Crippen LogP contribution in [-0.2, 0) is 52.3 Å². The lowest BCUT2D eigenvalue weighted by Crippen LogP contribution is -2.63. The molecular weight excluding hydrogens is 584 g/mol. The summed E-state index contributed by atoms with van der Waals surface area (Å²) in [5, 5.41) is 0. The van der Waals surface area contributed by atoms with E-state index in [-0.39, 0.29) is 16.9 Å². The van der Waals surface area contributed by atoms with E-state index >= 15 is 0 Å². The molecule has 0 N–H and O–H groups in total. The zero-order valence-corrected chi connectivity index (χ0v) is 24.9. The summed E-state index contributed by atoms with van der Waals surface area (Å²) in [5.74, 6) is -4.06. The molecule has 5 atom stereocenters. The molecule has 1 heterocycles. The van der Waals surface area contributed by atoms with Crippen molar-refractivity contribution in [3.63, 3.8) is 0 Å². The van der Waals surface area contributed by atoms with Gasteiger partial charge >= 0.3 is 35.8 Å². The van der Waals surface area contributed by atoms with Gasteiger partial charge in [-0.3, -0.25) is 19.2 Å². The Balaban J connectivity index is 1.98. The van der Waals surface area contributed by atoms with Crippen molar-refractivity contribution in [2.45, 2.75) is 58.4 Å². The predicted octanol–water partition coefficient (Wildman–Crippen LogP) is 2.39. The number of methoxy groups -OCH3 is 2. The molecule has 0 spiro atoms. The zero-order valence-electron chi connectivity index (χ0n) is 24.9. The molecule has 1 aliphatic heterocycles. The summed E-state index contributed by atoms with van der Waals surface area (Å²) < 4.78 is 42.8. The van der Waals surface area contributed by atoms with E-state index in [1.54, 1.807) is 12.1 Å². The van der Waals surface area contributed by atoms with E-state index < -0.39 is 73.1 Å². The second kappa shape index (κ2) is 15.0. The molecule has 1 aliphatic rings. The van der Waals surface area contributed by atoms with Gasteiger partial charge in [-0.25, -0.2) is 9.59 Å². The normalized spacial score (nSPS) is 20.8. The molecule has 5 unspecified atom stereocenters. The topological polar surface area (TPSA) is 176 Å². The first kappa shape index (κ1) is 33.5. The Labute approximate surface area is 252 Å². The van der Waals surface area contributed by atoms with Gasteiger partial charge in [0.2, 0.25) is 12.4 Å². The molecule has 44 heavy (non-hydrogen) atoms. The third-order valence-corrected chi connectivity index (χ3v) is 6.16. The molecule has 2 aromatic rings. The van der Waals surface area contributed by atoms with Crippen molar-refractivity contribution in [2.75, 3.05) is 20.8 Å². The lowest BCUT2D eigenvalue weighted by molar-refractivity contribution is -0.288. The van der Waals surface area contributed by atoms with E-state index in [4.69, 9.17) is 37.9 Å². The van der Waals surface area contributed by atoms with E-state index in [0.29, 0.717) is 11.1 Å². The van der Waals surface area contributed by atoms with Crippen LogP contribution >= 0.6 is 0 Å². The SMILES string of the molecule is COC(=O)c1cc(C(=O)OC)cc(-c2ccc(OC3OC(COC(C)=O)C(OC(C)=O)C(OC(C)=O)C3OC(C)=O)cc2)c1. The Bertz CT molecular complexity index is 1360. The molecule has 14 nitrogen and oxygen atoms in total. The highest BCUT2D eigenvalue weighted by atomic mass is 16.7. The summed E-state index contributed by atoms with van der Waals surface area (Å²) in [6.45, 7) is 4.11. The highest BCUT2D eigenvalue weighted by molar-refractivity contribution is 5.97. The van der Waals surface area contributed by atoms with Gasteiger partial charge in [-0.15, -0.1) is 0 Å². The third kappa shape index (κ3) is 8.77. The highest BCUT2D eigenvalue weighted by Crippen LogP contribution is 2.32. The average molecular weight is 617 g/mol. The molecule has 0 radical (unpaired) electrons. The van der Waals surface area contributed by atoms with Gasteiger partial charge in [0.25, 0.3) is 0 Å².